The van der Waals surface area contributed by atoms with Gasteiger partial charge < -0.3 is 15.0 Å². The maximum absolute atomic E-state index is 12.6. The normalized spacial score (nSPS) is 28.2. The number of thiophene rings is 1. The maximum Gasteiger partial charge on any atom is 0.246 e. The zero-order valence-corrected chi connectivity index (χ0v) is 13.2. The summed E-state index contributed by atoms with van der Waals surface area (Å²) >= 11 is 1.61. The zero-order valence-electron chi connectivity index (χ0n) is 12.4. The van der Waals surface area contributed by atoms with Gasteiger partial charge in [0.15, 0.2) is 0 Å². The largest absolute Gasteiger partial charge is 0.374 e. The smallest absolute Gasteiger partial charge is 0.246 e. The average molecular weight is 320 g/mol. The van der Waals surface area contributed by atoms with Gasteiger partial charge in [-0.15, -0.1) is 17.9 Å². The summed E-state index contributed by atoms with van der Waals surface area (Å²) in [6.45, 7) is 4.69. The number of ether oxygens (including phenoxy) is 1. The summed E-state index contributed by atoms with van der Waals surface area (Å²) in [6.07, 6.45) is 3.63. The molecule has 0 spiro atoms. The van der Waals surface area contributed by atoms with E-state index in [1.807, 2.05) is 17.5 Å². The second-order valence-electron chi connectivity index (χ2n) is 5.66. The minimum absolute atomic E-state index is 0.0200. The molecule has 2 saturated heterocycles. The lowest BCUT2D eigenvalue weighted by molar-refractivity contribution is -0.154. The van der Waals surface area contributed by atoms with Gasteiger partial charge in [-0.25, -0.2) is 0 Å². The summed E-state index contributed by atoms with van der Waals surface area (Å²) in [5, 5.41) is 4.86. The molecule has 2 amide bonds. The lowest BCUT2D eigenvalue weighted by atomic mass is 9.94. The molecule has 2 fully saturated rings. The highest BCUT2D eigenvalue weighted by Crippen LogP contribution is 2.25. The van der Waals surface area contributed by atoms with E-state index in [0.29, 0.717) is 26.0 Å². The molecule has 3 unspecified atom stereocenters. The molecule has 0 bridgehead atoms. The number of carbonyl (C=O) groups excluding carboxylic acids is 2. The number of rotatable bonds is 5. The van der Waals surface area contributed by atoms with Crippen molar-refractivity contribution in [1.82, 2.24) is 10.2 Å². The minimum Gasteiger partial charge on any atom is -0.374 e. The number of piperidine rings is 1. The van der Waals surface area contributed by atoms with Crippen LogP contribution in [0.15, 0.2) is 30.2 Å². The molecular formula is C16H20N2O3S. The Morgan fingerprint density at radius 3 is 3.09 bits per heavy atom. The van der Waals surface area contributed by atoms with E-state index in [1.54, 1.807) is 22.3 Å². The van der Waals surface area contributed by atoms with Gasteiger partial charge in [0.2, 0.25) is 11.8 Å². The van der Waals surface area contributed by atoms with Crippen LogP contribution < -0.4 is 5.32 Å². The van der Waals surface area contributed by atoms with Gasteiger partial charge in [0.1, 0.15) is 12.1 Å². The quantitative estimate of drug-likeness (QED) is 0.833. The van der Waals surface area contributed by atoms with E-state index < -0.39 is 12.1 Å². The van der Waals surface area contributed by atoms with Crippen molar-refractivity contribution < 1.29 is 14.3 Å². The van der Waals surface area contributed by atoms with E-state index in [4.69, 9.17) is 4.74 Å². The molecule has 22 heavy (non-hydrogen) atoms. The van der Waals surface area contributed by atoms with Crippen LogP contribution >= 0.6 is 11.3 Å². The number of carbonyl (C=O) groups is 2. The molecule has 0 aliphatic carbocycles. The maximum atomic E-state index is 12.6. The Hall–Kier alpha value is -1.66. The second kappa shape index (κ2) is 6.62. The Morgan fingerprint density at radius 1 is 1.50 bits per heavy atom. The van der Waals surface area contributed by atoms with Gasteiger partial charge in [0.05, 0.1) is 12.7 Å². The number of nitrogens with zero attached hydrogens (tertiary/aromatic N) is 1. The molecule has 1 N–H and O–H groups in total. The van der Waals surface area contributed by atoms with Crippen LogP contribution in [0.2, 0.25) is 0 Å². The van der Waals surface area contributed by atoms with Gasteiger partial charge in [0.25, 0.3) is 0 Å². The number of amides is 2. The van der Waals surface area contributed by atoms with Gasteiger partial charge in [-0.2, -0.15) is 0 Å². The Bertz CT molecular complexity index is 558. The molecule has 1 aromatic heterocycles. The number of nitrogens with one attached hydrogen (secondary N) is 1. The zero-order chi connectivity index (χ0) is 15.5. The Morgan fingerprint density at radius 2 is 2.36 bits per heavy atom. The Balaban J connectivity index is 1.66. The third kappa shape index (κ3) is 3.08. The van der Waals surface area contributed by atoms with Crippen molar-refractivity contribution in [2.24, 2.45) is 0 Å². The molecule has 0 radical (unpaired) electrons. The van der Waals surface area contributed by atoms with Crippen molar-refractivity contribution in [2.45, 2.75) is 37.5 Å². The molecule has 1 aromatic rings. The lowest BCUT2D eigenvalue weighted by Gasteiger charge is -2.43. The summed E-state index contributed by atoms with van der Waals surface area (Å²) in [5.74, 6) is -0.0340. The number of piperazine rings is 1. The third-order valence-electron chi connectivity index (χ3n) is 4.19. The highest BCUT2D eigenvalue weighted by molar-refractivity contribution is 7.09. The molecule has 0 aromatic carbocycles. The number of fused-ring (bicyclic) bond motifs is 1. The Labute approximate surface area is 133 Å². The van der Waals surface area contributed by atoms with E-state index >= 15 is 0 Å². The first kappa shape index (κ1) is 15.2. The summed E-state index contributed by atoms with van der Waals surface area (Å²) in [4.78, 5) is 27.8. The van der Waals surface area contributed by atoms with Crippen LogP contribution in [0.3, 0.4) is 0 Å². The molecule has 2 aliphatic rings. The van der Waals surface area contributed by atoms with Crippen LogP contribution in [0.1, 0.15) is 17.7 Å². The first-order valence-electron chi connectivity index (χ1n) is 7.54. The second-order valence-corrected chi connectivity index (χ2v) is 6.69. The lowest BCUT2D eigenvalue weighted by Crippen LogP contribution is -2.66. The average Bonchev–Trinajstić information content (AvgIpc) is 3.03. The fraction of sp³-hybridized carbons (Fsp3) is 0.500. The summed E-state index contributed by atoms with van der Waals surface area (Å²) in [5.41, 5.74) is 0. The van der Waals surface area contributed by atoms with E-state index in [9.17, 15) is 9.59 Å². The fourth-order valence-electron chi connectivity index (χ4n) is 3.10. The van der Waals surface area contributed by atoms with E-state index in [1.165, 1.54) is 0 Å². The highest BCUT2D eigenvalue weighted by atomic mass is 32.1. The monoisotopic (exact) mass is 320 g/mol. The van der Waals surface area contributed by atoms with Gasteiger partial charge in [-0.05, 0) is 17.9 Å². The van der Waals surface area contributed by atoms with Crippen molar-refractivity contribution >= 4 is 23.2 Å². The molecule has 118 valence electrons. The molecule has 5 nitrogen and oxygen atoms in total. The van der Waals surface area contributed by atoms with Gasteiger partial charge >= 0.3 is 0 Å². The van der Waals surface area contributed by atoms with Crippen LogP contribution in [0.25, 0.3) is 0 Å². The van der Waals surface area contributed by atoms with Crippen molar-refractivity contribution in [3.8, 4) is 0 Å². The molecule has 2 aliphatic heterocycles. The topological polar surface area (TPSA) is 58.6 Å². The molecular weight excluding hydrogens is 300 g/mol. The predicted octanol–water partition coefficient (Wildman–Crippen LogP) is 1.35. The Kier molecular flexibility index (Phi) is 4.59. The number of hydrogen-bond acceptors (Lipinski definition) is 4. The SMILES string of the molecule is C=CCOC1CCN2C(=O)C(Cc3cccs3)NC(=O)C2C1. The van der Waals surface area contributed by atoms with Gasteiger partial charge in [-0.3, -0.25) is 9.59 Å². The van der Waals surface area contributed by atoms with Crippen LogP contribution in [0, 0.1) is 0 Å². The standard InChI is InChI=1S/C16H20N2O3S/c1-2-7-21-11-5-6-18-14(9-11)15(19)17-13(16(18)20)10-12-4-3-8-22-12/h2-4,8,11,13-14H,1,5-7,9-10H2,(H,17,19). The van der Waals surface area contributed by atoms with Crippen LogP contribution in [-0.4, -0.2) is 48.1 Å². The predicted molar refractivity (Wildman–Crippen MR) is 84.6 cm³/mol. The highest BCUT2D eigenvalue weighted by Gasteiger charge is 2.43. The molecule has 3 heterocycles. The van der Waals surface area contributed by atoms with Crippen molar-refractivity contribution in [3.05, 3.63) is 35.0 Å². The first-order chi connectivity index (χ1) is 10.7. The third-order valence-corrected chi connectivity index (χ3v) is 5.09. The van der Waals surface area contributed by atoms with E-state index in [2.05, 4.69) is 11.9 Å². The van der Waals surface area contributed by atoms with Crippen LogP contribution in [0.4, 0.5) is 0 Å². The molecule has 6 heteroatoms. The van der Waals surface area contributed by atoms with Crippen molar-refractivity contribution in [3.63, 3.8) is 0 Å². The van der Waals surface area contributed by atoms with E-state index in [0.717, 1.165) is 11.3 Å². The van der Waals surface area contributed by atoms with E-state index in [-0.39, 0.29) is 17.9 Å². The molecule has 3 rings (SSSR count). The molecule has 3 atom stereocenters. The van der Waals surface area contributed by atoms with Gasteiger partial charge in [0, 0.05) is 24.3 Å². The van der Waals surface area contributed by atoms with Crippen molar-refractivity contribution in [1.29, 1.82) is 0 Å². The summed E-state index contributed by atoms with van der Waals surface area (Å²) in [6, 6.07) is 3.12. The van der Waals surface area contributed by atoms with Gasteiger partial charge in [-0.1, -0.05) is 12.1 Å². The van der Waals surface area contributed by atoms with Crippen LogP contribution in [-0.2, 0) is 20.7 Å². The van der Waals surface area contributed by atoms with Crippen molar-refractivity contribution in [2.75, 3.05) is 13.2 Å². The fourth-order valence-corrected chi connectivity index (χ4v) is 3.85. The first-order valence-corrected chi connectivity index (χ1v) is 8.42. The van der Waals surface area contributed by atoms with Crippen LogP contribution in [0.5, 0.6) is 0 Å². The summed E-state index contributed by atoms with van der Waals surface area (Å²) < 4.78 is 5.64. The minimum atomic E-state index is -0.437. The summed E-state index contributed by atoms with van der Waals surface area (Å²) in [7, 11) is 0. The number of hydrogen-bond donors (Lipinski definition) is 1. The molecule has 0 saturated carbocycles.